The summed E-state index contributed by atoms with van der Waals surface area (Å²) in [6, 6.07) is 8.18. The van der Waals surface area contributed by atoms with Crippen molar-refractivity contribution in [3.8, 4) is 0 Å². The van der Waals surface area contributed by atoms with Crippen molar-refractivity contribution < 1.29 is 9.50 Å². The largest absolute Gasteiger partial charge is 0.388 e. The lowest BCUT2D eigenvalue weighted by molar-refractivity contribution is 0.171. The summed E-state index contributed by atoms with van der Waals surface area (Å²) in [5.74, 6) is -0.376. The molecule has 4 heteroatoms. The standard InChI is InChI=1S/C13H15FN2O/c1-9-7-10(16(2)15-9)8-13(17)11-5-3-4-6-12(11)14/h3-7,13,17H,8H2,1-2H3. The van der Waals surface area contributed by atoms with Gasteiger partial charge in [-0.15, -0.1) is 0 Å². The molecule has 1 unspecified atom stereocenters. The average molecular weight is 234 g/mol. The summed E-state index contributed by atoms with van der Waals surface area (Å²) in [6.07, 6.45) is -0.482. The minimum atomic E-state index is -0.842. The van der Waals surface area contributed by atoms with Crippen LogP contribution in [-0.4, -0.2) is 14.9 Å². The number of halogens is 1. The van der Waals surface area contributed by atoms with E-state index in [1.165, 1.54) is 6.07 Å². The van der Waals surface area contributed by atoms with Crippen LogP contribution in [0.25, 0.3) is 0 Å². The third-order valence-corrected chi connectivity index (χ3v) is 2.77. The fourth-order valence-corrected chi connectivity index (χ4v) is 1.91. The lowest BCUT2D eigenvalue weighted by Crippen LogP contribution is -2.07. The fraction of sp³-hybridized carbons (Fsp3) is 0.308. The number of aliphatic hydroxyl groups is 1. The molecule has 2 rings (SSSR count). The Balaban J connectivity index is 2.20. The zero-order valence-electron chi connectivity index (χ0n) is 9.89. The van der Waals surface area contributed by atoms with Crippen molar-refractivity contribution in [2.24, 2.45) is 7.05 Å². The number of aryl methyl sites for hydroxylation is 2. The Bertz CT molecular complexity index is 522. The highest BCUT2D eigenvalue weighted by molar-refractivity contribution is 5.22. The van der Waals surface area contributed by atoms with Crippen LogP contribution in [0.2, 0.25) is 0 Å². The van der Waals surface area contributed by atoms with Crippen molar-refractivity contribution in [3.05, 3.63) is 53.1 Å². The summed E-state index contributed by atoms with van der Waals surface area (Å²) in [4.78, 5) is 0. The molecule has 0 radical (unpaired) electrons. The minimum absolute atomic E-state index is 0.325. The van der Waals surface area contributed by atoms with Gasteiger partial charge in [0.2, 0.25) is 0 Å². The normalized spacial score (nSPS) is 12.7. The molecule has 0 saturated carbocycles. The maximum absolute atomic E-state index is 13.5. The summed E-state index contributed by atoms with van der Waals surface area (Å²) in [5, 5.41) is 14.2. The van der Waals surface area contributed by atoms with Crippen molar-refractivity contribution in [1.82, 2.24) is 9.78 Å². The van der Waals surface area contributed by atoms with Crippen molar-refractivity contribution in [1.29, 1.82) is 0 Å². The van der Waals surface area contributed by atoms with Gasteiger partial charge in [-0.25, -0.2) is 4.39 Å². The second kappa shape index (κ2) is 4.67. The third kappa shape index (κ3) is 2.53. The topological polar surface area (TPSA) is 38.0 Å². The van der Waals surface area contributed by atoms with E-state index in [-0.39, 0.29) is 5.82 Å². The van der Waals surface area contributed by atoms with E-state index in [9.17, 15) is 9.50 Å². The van der Waals surface area contributed by atoms with Crippen LogP contribution in [0.4, 0.5) is 4.39 Å². The molecule has 1 N–H and O–H groups in total. The maximum Gasteiger partial charge on any atom is 0.129 e. The van der Waals surface area contributed by atoms with E-state index < -0.39 is 6.10 Å². The van der Waals surface area contributed by atoms with Gasteiger partial charge in [0.25, 0.3) is 0 Å². The molecule has 2 aromatic rings. The zero-order valence-corrected chi connectivity index (χ0v) is 9.89. The molecule has 1 aromatic carbocycles. The molecule has 17 heavy (non-hydrogen) atoms. The van der Waals surface area contributed by atoms with Crippen LogP contribution in [0.3, 0.4) is 0 Å². The first-order valence-corrected chi connectivity index (χ1v) is 5.50. The zero-order chi connectivity index (χ0) is 12.4. The Kier molecular flexibility index (Phi) is 3.24. The van der Waals surface area contributed by atoms with E-state index in [1.807, 2.05) is 20.0 Å². The van der Waals surface area contributed by atoms with Crippen LogP contribution < -0.4 is 0 Å². The van der Waals surface area contributed by atoms with Crippen LogP contribution in [0.1, 0.15) is 23.1 Å². The van der Waals surface area contributed by atoms with Crippen LogP contribution in [-0.2, 0) is 13.5 Å². The van der Waals surface area contributed by atoms with E-state index in [0.29, 0.717) is 12.0 Å². The Morgan fingerprint density at radius 1 is 1.41 bits per heavy atom. The molecule has 0 spiro atoms. The Labute approximate surface area is 99.5 Å². The second-order valence-corrected chi connectivity index (χ2v) is 4.14. The molecule has 0 aliphatic carbocycles. The summed E-state index contributed by atoms with van der Waals surface area (Å²) in [6.45, 7) is 1.89. The second-order valence-electron chi connectivity index (χ2n) is 4.14. The van der Waals surface area contributed by atoms with E-state index >= 15 is 0 Å². The van der Waals surface area contributed by atoms with E-state index in [1.54, 1.807) is 22.9 Å². The Hall–Kier alpha value is -1.68. The first-order valence-electron chi connectivity index (χ1n) is 5.50. The molecule has 0 fully saturated rings. The minimum Gasteiger partial charge on any atom is -0.388 e. The molecule has 0 amide bonds. The van der Waals surface area contributed by atoms with Crippen LogP contribution in [0.5, 0.6) is 0 Å². The van der Waals surface area contributed by atoms with Gasteiger partial charge in [0.05, 0.1) is 11.8 Å². The van der Waals surface area contributed by atoms with Gasteiger partial charge >= 0.3 is 0 Å². The van der Waals surface area contributed by atoms with Gasteiger partial charge in [-0.05, 0) is 19.1 Å². The predicted molar refractivity (Wildman–Crippen MR) is 63.0 cm³/mol. The average Bonchev–Trinajstić information content (AvgIpc) is 2.58. The first kappa shape index (κ1) is 11.8. The number of rotatable bonds is 3. The highest BCUT2D eigenvalue weighted by Crippen LogP contribution is 2.20. The highest BCUT2D eigenvalue weighted by atomic mass is 19.1. The van der Waals surface area contributed by atoms with Gasteiger partial charge in [0, 0.05) is 24.7 Å². The summed E-state index contributed by atoms with van der Waals surface area (Å²) in [7, 11) is 1.82. The van der Waals surface area contributed by atoms with Crippen molar-refractivity contribution in [2.45, 2.75) is 19.4 Å². The highest BCUT2D eigenvalue weighted by Gasteiger charge is 2.14. The molecule has 0 bridgehead atoms. The van der Waals surface area contributed by atoms with Crippen LogP contribution in [0.15, 0.2) is 30.3 Å². The van der Waals surface area contributed by atoms with Gasteiger partial charge in [-0.3, -0.25) is 4.68 Å². The van der Waals surface area contributed by atoms with Crippen LogP contribution in [0, 0.1) is 12.7 Å². The van der Waals surface area contributed by atoms with Crippen molar-refractivity contribution in [3.63, 3.8) is 0 Å². The molecule has 1 aromatic heterocycles. The van der Waals surface area contributed by atoms with Gasteiger partial charge in [-0.2, -0.15) is 5.10 Å². The lowest BCUT2D eigenvalue weighted by atomic mass is 10.0. The van der Waals surface area contributed by atoms with Crippen LogP contribution >= 0.6 is 0 Å². The first-order chi connectivity index (χ1) is 8.08. The molecule has 90 valence electrons. The molecule has 0 aliphatic rings. The summed E-state index contributed by atoms with van der Waals surface area (Å²) < 4.78 is 15.2. The van der Waals surface area contributed by atoms with E-state index in [2.05, 4.69) is 5.10 Å². The van der Waals surface area contributed by atoms with E-state index in [4.69, 9.17) is 0 Å². The molecular formula is C13H15FN2O. The molecule has 0 saturated heterocycles. The number of hydrogen-bond donors (Lipinski definition) is 1. The van der Waals surface area contributed by atoms with Gasteiger partial charge < -0.3 is 5.11 Å². The molecule has 3 nitrogen and oxygen atoms in total. The maximum atomic E-state index is 13.5. The lowest BCUT2D eigenvalue weighted by Gasteiger charge is -2.11. The van der Waals surface area contributed by atoms with Gasteiger partial charge in [0.1, 0.15) is 5.82 Å². The molecule has 0 aliphatic heterocycles. The molecular weight excluding hydrogens is 219 g/mol. The summed E-state index contributed by atoms with van der Waals surface area (Å²) in [5.41, 5.74) is 2.10. The van der Waals surface area contributed by atoms with E-state index in [0.717, 1.165) is 11.4 Å². The van der Waals surface area contributed by atoms with Gasteiger partial charge in [-0.1, -0.05) is 18.2 Å². The number of nitrogens with zero attached hydrogens (tertiary/aromatic N) is 2. The third-order valence-electron chi connectivity index (χ3n) is 2.77. The number of aromatic nitrogens is 2. The Morgan fingerprint density at radius 3 is 2.71 bits per heavy atom. The quantitative estimate of drug-likeness (QED) is 0.883. The summed E-state index contributed by atoms with van der Waals surface area (Å²) >= 11 is 0. The van der Waals surface area contributed by atoms with Gasteiger partial charge in [0.15, 0.2) is 0 Å². The smallest absolute Gasteiger partial charge is 0.129 e. The number of aliphatic hydroxyl groups excluding tert-OH is 1. The molecule has 1 heterocycles. The Morgan fingerprint density at radius 2 is 2.12 bits per heavy atom. The number of benzene rings is 1. The SMILES string of the molecule is Cc1cc(CC(O)c2ccccc2F)n(C)n1. The van der Waals surface area contributed by atoms with Crippen molar-refractivity contribution >= 4 is 0 Å². The monoisotopic (exact) mass is 234 g/mol. The number of hydrogen-bond acceptors (Lipinski definition) is 2. The predicted octanol–water partition coefficient (Wildman–Crippen LogP) is 2.14. The van der Waals surface area contributed by atoms with Crippen molar-refractivity contribution in [2.75, 3.05) is 0 Å². The molecule has 1 atom stereocenters. The fourth-order valence-electron chi connectivity index (χ4n) is 1.91.